The van der Waals surface area contributed by atoms with Gasteiger partial charge in [0, 0.05) is 30.5 Å². The minimum atomic E-state index is -0.410. The molecule has 0 saturated carbocycles. The summed E-state index contributed by atoms with van der Waals surface area (Å²) >= 11 is 0. The highest BCUT2D eigenvalue weighted by Gasteiger charge is 2.11. The molecule has 0 radical (unpaired) electrons. The van der Waals surface area contributed by atoms with Gasteiger partial charge in [0.1, 0.15) is 17.4 Å². The minimum absolute atomic E-state index is 0.0800. The second kappa shape index (κ2) is 10.2. The summed E-state index contributed by atoms with van der Waals surface area (Å²) < 4.78 is 5.52. The van der Waals surface area contributed by atoms with E-state index in [0.29, 0.717) is 12.1 Å². The Labute approximate surface area is 167 Å². The number of anilines is 2. The van der Waals surface area contributed by atoms with Crippen LogP contribution >= 0.6 is 0 Å². The summed E-state index contributed by atoms with van der Waals surface area (Å²) in [5.41, 5.74) is 3.81. The van der Waals surface area contributed by atoms with Crippen molar-refractivity contribution in [3.63, 3.8) is 0 Å². The van der Waals surface area contributed by atoms with Crippen molar-refractivity contribution in [2.75, 3.05) is 30.4 Å². The summed E-state index contributed by atoms with van der Waals surface area (Å²) in [6.45, 7) is 8.00. The van der Waals surface area contributed by atoms with E-state index in [2.05, 4.69) is 24.1 Å². The van der Waals surface area contributed by atoms with E-state index in [0.717, 1.165) is 35.7 Å². The maximum atomic E-state index is 12.4. The Morgan fingerprint density at radius 2 is 1.96 bits per heavy atom. The number of hydrogen-bond donors (Lipinski definition) is 1. The summed E-state index contributed by atoms with van der Waals surface area (Å²) in [5.74, 6) is 0.337. The SMILES string of the molecule is CCN(CC)c1ccc(C/C=C(\C#N)C(=O)Nc2cccc(C)c2)c(OC)c1. The van der Waals surface area contributed by atoms with Gasteiger partial charge >= 0.3 is 0 Å². The number of rotatable bonds is 8. The van der Waals surface area contributed by atoms with Gasteiger partial charge in [-0.15, -0.1) is 0 Å². The van der Waals surface area contributed by atoms with Crippen LogP contribution in [0.1, 0.15) is 25.0 Å². The molecule has 0 heterocycles. The van der Waals surface area contributed by atoms with Gasteiger partial charge in [0.2, 0.25) is 0 Å². The first-order chi connectivity index (χ1) is 13.5. The Kier molecular flexibility index (Phi) is 7.65. The van der Waals surface area contributed by atoms with Crippen molar-refractivity contribution in [3.05, 3.63) is 65.2 Å². The van der Waals surface area contributed by atoms with Gasteiger partial charge in [-0.05, 0) is 56.5 Å². The van der Waals surface area contributed by atoms with E-state index in [1.165, 1.54) is 0 Å². The number of aryl methyl sites for hydroxylation is 1. The largest absolute Gasteiger partial charge is 0.496 e. The third kappa shape index (κ3) is 5.37. The Morgan fingerprint density at radius 1 is 1.21 bits per heavy atom. The van der Waals surface area contributed by atoms with Crippen LogP contribution in [-0.2, 0) is 11.2 Å². The quantitative estimate of drug-likeness (QED) is 0.544. The van der Waals surface area contributed by atoms with Crippen molar-refractivity contribution >= 4 is 17.3 Å². The number of amides is 1. The fourth-order valence-electron chi connectivity index (χ4n) is 3.01. The van der Waals surface area contributed by atoms with Crippen LogP contribution in [0.25, 0.3) is 0 Å². The van der Waals surface area contributed by atoms with Gasteiger partial charge in [-0.1, -0.05) is 24.3 Å². The number of carbonyl (C=O) groups excluding carboxylic acids is 1. The molecule has 2 aromatic rings. The molecule has 5 nitrogen and oxygen atoms in total. The van der Waals surface area contributed by atoms with Crippen LogP contribution in [0.3, 0.4) is 0 Å². The van der Waals surface area contributed by atoms with E-state index in [-0.39, 0.29) is 5.57 Å². The molecule has 0 aliphatic carbocycles. The van der Waals surface area contributed by atoms with Crippen LogP contribution < -0.4 is 15.0 Å². The molecule has 146 valence electrons. The van der Waals surface area contributed by atoms with E-state index >= 15 is 0 Å². The van der Waals surface area contributed by atoms with E-state index in [1.54, 1.807) is 19.3 Å². The lowest BCUT2D eigenvalue weighted by atomic mass is 10.1. The average Bonchev–Trinajstić information content (AvgIpc) is 2.70. The Bertz CT molecular complexity index is 893. The van der Waals surface area contributed by atoms with E-state index in [9.17, 15) is 10.1 Å². The van der Waals surface area contributed by atoms with Gasteiger partial charge in [-0.25, -0.2) is 0 Å². The zero-order chi connectivity index (χ0) is 20.5. The highest BCUT2D eigenvalue weighted by atomic mass is 16.5. The molecular weight excluding hydrogens is 350 g/mol. The molecule has 28 heavy (non-hydrogen) atoms. The van der Waals surface area contributed by atoms with Crippen LogP contribution in [0.4, 0.5) is 11.4 Å². The molecule has 0 aliphatic heterocycles. The van der Waals surface area contributed by atoms with Crippen LogP contribution in [-0.4, -0.2) is 26.1 Å². The van der Waals surface area contributed by atoms with Crippen LogP contribution in [0.2, 0.25) is 0 Å². The number of benzene rings is 2. The zero-order valence-electron chi connectivity index (χ0n) is 17.0. The van der Waals surface area contributed by atoms with Crippen molar-refractivity contribution in [2.24, 2.45) is 0 Å². The predicted octanol–water partition coefficient (Wildman–Crippen LogP) is 4.48. The van der Waals surface area contributed by atoms with Crippen LogP contribution in [0, 0.1) is 18.3 Å². The number of carbonyl (C=O) groups is 1. The molecule has 1 N–H and O–H groups in total. The summed E-state index contributed by atoms with van der Waals surface area (Å²) in [6.07, 6.45) is 2.08. The summed E-state index contributed by atoms with van der Waals surface area (Å²) in [5, 5.41) is 12.2. The lowest BCUT2D eigenvalue weighted by molar-refractivity contribution is -0.112. The third-order valence-corrected chi connectivity index (χ3v) is 4.57. The zero-order valence-corrected chi connectivity index (χ0v) is 17.0. The first kappa shape index (κ1) is 21.0. The van der Waals surface area contributed by atoms with Crippen molar-refractivity contribution in [2.45, 2.75) is 27.2 Å². The lowest BCUT2D eigenvalue weighted by Crippen LogP contribution is -2.21. The number of nitrogens with zero attached hydrogens (tertiary/aromatic N) is 2. The van der Waals surface area contributed by atoms with Crippen molar-refractivity contribution in [3.8, 4) is 11.8 Å². The molecule has 5 heteroatoms. The lowest BCUT2D eigenvalue weighted by Gasteiger charge is -2.22. The number of nitriles is 1. The number of methoxy groups -OCH3 is 1. The monoisotopic (exact) mass is 377 g/mol. The molecule has 0 saturated heterocycles. The fraction of sp³-hybridized carbons (Fsp3) is 0.304. The maximum absolute atomic E-state index is 12.4. The molecule has 1 amide bonds. The number of ether oxygens (including phenoxy) is 1. The molecule has 0 spiro atoms. The smallest absolute Gasteiger partial charge is 0.265 e. The molecule has 0 atom stereocenters. The first-order valence-corrected chi connectivity index (χ1v) is 9.42. The predicted molar refractivity (Wildman–Crippen MR) is 114 cm³/mol. The molecule has 2 aromatic carbocycles. The summed E-state index contributed by atoms with van der Waals surface area (Å²) in [4.78, 5) is 14.6. The second-order valence-electron chi connectivity index (χ2n) is 6.43. The van der Waals surface area contributed by atoms with Gasteiger partial charge in [0.15, 0.2) is 0 Å². The van der Waals surface area contributed by atoms with Gasteiger partial charge in [-0.2, -0.15) is 5.26 Å². The van der Waals surface area contributed by atoms with Crippen molar-refractivity contribution in [1.82, 2.24) is 0 Å². The summed E-state index contributed by atoms with van der Waals surface area (Å²) in [6, 6.07) is 15.5. The molecular formula is C23H27N3O2. The van der Waals surface area contributed by atoms with Crippen LogP contribution in [0.15, 0.2) is 54.1 Å². The third-order valence-electron chi connectivity index (χ3n) is 4.57. The number of allylic oxidation sites excluding steroid dienone is 1. The Hall–Kier alpha value is -3.26. The molecule has 0 fully saturated rings. The number of nitrogens with one attached hydrogen (secondary N) is 1. The van der Waals surface area contributed by atoms with Crippen molar-refractivity contribution < 1.29 is 9.53 Å². The van der Waals surface area contributed by atoms with Crippen molar-refractivity contribution in [1.29, 1.82) is 5.26 Å². The standard InChI is InChI=1S/C23H27N3O2/c1-5-26(6-2)21-13-12-18(22(15-21)28-4)10-11-19(16-24)23(27)25-20-9-7-8-17(3)14-20/h7-9,11-15H,5-6,10H2,1-4H3,(H,25,27)/b19-11+. The van der Waals surface area contributed by atoms with Gasteiger partial charge < -0.3 is 15.0 Å². The molecule has 0 bridgehead atoms. The molecule has 0 aliphatic rings. The van der Waals surface area contributed by atoms with Gasteiger partial charge in [0.05, 0.1) is 7.11 Å². The van der Waals surface area contributed by atoms with Gasteiger partial charge in [0.25, 0.3) is 5.91 Å². The van der Waals surface area contributed by atoms with E-state index in [1.807, 2.05) is 49.4 Å². The minimum Gasteiger partial charge on any atom is -0.496 e. The molecule has 2 rings (SSSR count). The van der Waals surface area contributed by atoms with E-state index < -0.39 is 5.91 Å². The molecule has 0 unspecified atom stereocenters. The Balaban J connectivity index is 2.17. The maximum Gasteiger partial charge on any atom is 0.265 e. The highest BCUT2D eigenvalue weighted by Crippen LogP contribution is 2.26. The normalized spacial score (nSPS) is 10.9. The number of hydrogen-bond acceptors (Lipinski definition) is 4. The Morgan fingerprint density at radius 3 is 2.57 bits per heavy atom. The summed E-state index contributed by atoms with van der Waals surface area (Å²) in [7, 11) is 1.63. The topological polar surface area (TPSA) is 65.4 Å². The van der Waals surface area contributed by atoms with E-state index in [4.69, 9.17) is 4.74 Å². The second-order valence-corrected chi connectivity index (χ2v) is 6.43. The first-order valence-electron chi connectivity index (χ1n) is 9.42. The fourth-order valence-corrected chi connectivity index (χ4v) is 3.01. The molecule has 0 aromatic heterocycles. The van der Waals surface area contributed by atoms with Gasteiger partial charge in [-0.3, -0.25) is 4.79 Å². The van der Waals surface area contributed by atoms with Crippen LogP contribution in [0.5, 0.6) is 5.75 Å². The highest BCUT2D eigenvalue weighted by molar-refractivity contribution is 6.06. The average molecular weight is 377 g/mol.